The molecule has 1 fully saturated rings. The van der Waals surface area contributed by atoms with Gasteiger partial charge in [0.2, 0.25) is 17.3 Å². The zero-order valence-electron chi connectivity index (χ0n) is 25.0. The highest BCUT2D eigenvalue weighted by molar-refractivity contribution is 6.35. The van der Waals surface area contributed by atoms with Crippen molar-refractivity contribution in [2.75, 3.05) is 34.4 Å². The topological polar surface area (TPSA) is 166 Å². The largest absolute Gasteiger partial charge is 0.492 e. The fraction of sp³-hybridized carbons (Fsp3) is 0.500. The first kappa shape index (κ1) is 30.2. The van der Waals surface area contributed by atoms with Gasteiger partial charge in [0.25, 0.3) is 5.91 Å². The van der Waals surface area contributed by atoms with Crippen molar-refractivity contribution < 1.29 is 47.8 Å². The van der Waals surface area contributed by atoms with E-state index in [-0.39, 0.29) is 64.5 Å². The van der Waals surface area contributed by atoms with Crippen LogP contribution in [-0.4, -0.2) is 115 Å². The minimum atomic E-state index is -1.12. The van der Waals surface area contributed by atoms with Crippen molar-refractivity contribution in [1.29, 1.82) is 0 Å². The van der Waals surface area contributed by atoms with Gasteiger partial charge in [-0.25, -0.2) is 0 Å². The van der Waals surface area contributed by atoms with Crippen molar-refractivity contribution in [3.63, 3.8) is 0 Å². The monoisotopic (exact) mass is 595 g/mol. The first-order valence-electron chi connectivity index (χ1n) is 13.9. The van der Waals surface area contributed by atoms with Crippen LogP contribution in [0.5, 0.6) is 0 Å². The molecule has 3 aliphatic heterocycles. The smallest absolute Gasteiger partial charge is 0.303 e. The Morgan fingerprint density at radius 3 is 1.98 bits per heavy atom. The van der Waals surface area contributed by atoms with Gasteiger partial charge in [-0.1, -0.05) is 0 Å². The van der Waals surface area contributed by atoms with Crippen molar-refractivity contribution in [1.82, 2.24) is 15.1 Å². The van der Waals surface area contributed by atoms with Crippen molar-refractivity contribution in [3.8, 4) is 0 Å². The molecular weight excluding hydrogens is 562 g/mol. The average molecular weight is 596 g/mol. The molecule has 0 unspecified atom stereocenters. The molecule has 13 heteroatoms. The summed E-state index contributed by atoms with van der Waals surface area (Å²) in [6.07, 6.45) is -1.07. The first-order valence-corrected chi connectivity index (χ1v) is 13.9. The Labute approximate surface area is 247 Å². The van der Waals surface area contributed by atoms with Gasteiger partial charge in [-0.2, -0.15) is 0 Å². The van der Waals surface area contributed by atoms with E-state index in [1.165, 1.54) is 35.0 Å². The van der Waals surface area contributed by atoms with Crippen molar-refractivity contribution in [3.05, 3.63) is 45.0 Å². The lowest BCUT2D eigenvalue weighted by atomic mass is 9.68. The minimum absolute atomic E-state index is 0.0502. The van der Waals surface area contributed by atoms with Gasteiger partial charge in [0.15, 0.2) is 23.1 Å². The number of Topliss-reactive ketones (excluding diaryl/α,β-unsaturated/α-hetero) is 5. The molecule has 0 aromatic carbocycles. The number of carbonyl (C=O) groups excluding carboxylic acids is 7. The molecule has 0 aromatic rings. The number of hydrogen-bond acceptors (Lipinski definition) is 12. The number of ketones is 5. The first-order chi connectivity index (χ1) is 20.3. The molecule has 0 saturated carbocycles. The molecule has 2 bridgehead atoms. The van der Waals surface area contributed by atoms with Crippen molar-refractivity contribution >= 4 is 40.8 Å². The maximum absolute atomic E-state index is 14.0. The number of ether oxygens (including phenoxy) is 3. The van der Waals surface area contributed by atoms with Crippen LogP contribution in [0.4, 0.5) is 0 Å². The number of rotatable bonds is 6. The van der Waals surface area contributed by atoms with Crippen LogP contribution in [0.15, 0.2) is 45.0 Å². The van der Waals surface area contributed by atoms with E-state index < -0.39 is 71.1 Å². The maximum Gasteiger partial charge on any atom is 0.303 e. The summed E-state index contributed by atoms with van der Waals surface area (Å²) in [5, 5.41) is 2.57. The van der Waals surface area contributed by atoms with Crippen LogP contribution >= 0.6 is 0 Å². The lowest BCUT2D eigenvalue weighted by Gasteiger charge is -2.59. The number of piperazine rings is 1. The van der Waals surface area contributed by atoms with E-state index in [4.69, 9.17) is 14.2 Å². The summed E-state index contributed by atoms with van der Waals surface area (Å²) in [6.45, 7) is 5.23. The summed E-state index contributed by atoms with van der Waals surface area (Å²) < 4.78 is 16.4. The molecule has 1 N–H and O–H groups in total. The molecule has 5 atom stereocenters. The molecule has 3 heterocycles. The van der Waals surface area contributed by atoms with Gasteiger partial charge in [0, 0.05) is 60.8 Å². The van der Waals surface area contributed by atoms with E-state index in [9.17, 15) is 33.6 Å². The molecule has 2 aliphatic carbocycles. The molecular formula is C30H33N3O10. The third-order valence-electron chi connectivity index (χ3n) is 9.10. The van der Waals surface area contributed by atoms with Gasteiger partial charge in [0.05, 0.1) is 37.9 Å². The van der Waals surface area contributed by atoms with Gasteiger partial charge in [0.1, 0.15) is 6.10 Å². The predicted octanol–water partition coefficient (Wildman–Crippen LogP) is -0.500. The molecule has 43 heavy (non-hydrogen) atoms. The lowest BCUT2D eigenvalue weighted by Crippen LogP contribution is -2.74. The summed E-state index contributed by atoms with van der Waals surface area (Å²) in [5.41, 5.74) is 0.764. The van der Waals surface area contributed by atoms with E-state index >= 15 is 0 Å². The van der Waals surface area contributed by atoms with Crippen LogP contribution in [0.1, 0.15) is 34.1 Å². The molecule has 228 valence electrons. The molecule has 5 rings (SSSR count). The van der Waals surface area contributed by atoms with Crippen LogP contribution in [0.3, 0.4) is 0 Å². The highest BCUT2D eigenvalue weighted by Crippen LogP contribution is 2.47. The molecule has 1 amide bonds. The molecule has 5 aliphatic rings. The number of carbonyl (C=O) groups is 7. The second kappa shape index (κ2) is 10.8. The summed E-state index contributed by atoms with van der Waals surface area (Å²) in [5.74, 6) is -4.41. The molecule has 0 spiro atoms. The number of amides is 1. The summed E-state index contributed by atoms with van der Waals surface area (Å²) in [7, 11) is 4.34. The Morgan fingerprint density at radius 2 is 1.42 bits per heavy atom. The van der Waals surface area contributed by atoms with Gasteiger partial charge in [-0.15, -0.1) is 0 Å². The zero-order chi connectivity index (χ0) is 31.7. The van der Waals surface area contributed by atoms with E-state index in [1.807, 2.05) is 9.80 Å². The SMILES string of the molecule is COC1=C(C)C(=O)C2=C(C1=O)[C@@H]1[C@@H]3CC4=C(C(=O)C(OC)=C(C)C4=O)[C@H](CNC(=O)C(C)=O)N3C[C@H]([C@H]2OC(C)=O)N1C. The Kier molecular flexibility index (Phi) is 7.59. The third kappa shape index (κ3) is 4.40. The normalized spacial score (nSPS) is 29.3. The summed E-state index contributed by atoms with van der Waals surface area (Å²) >= 11 is 0. The van der Waals surface area contributed by atoms with Crippen molar-refractivity contribution in [2.45, 2.75) is 64.4 Å². The Balaban J connectivity index is 1.71. The van der Waals surface area contributed by atoms with E-state index in [2.05, 4.69) is 5.32 Å². The number of nitrogens with zero attached hydrogens (tertiary/aromatic N) is 2. The molecule has 13 nitrogen and oxygen atoms in total. The quantitative estimate of drug-likeness (QED) is 0.238. The summed E-state index contributed by atoms with van der Waals surface area (Å²) in [4.78, 5) is 95.3. The molecule has 1 saturated heterocycles. The van der Waals surface area contributed by atoms with Crippen LogP contribution in [0, 0.1) is 0 Å². The number of fused-ring (bicyclic) bond motifs is 5. The highest BCUT2D eigenvalue weighted by atomic mass is 16.5. The second-order valence-electron chi connectivity index (χ2n) is 11.3. The number of hydrogen-bond donors (Lipinski definition) is 1. The Bertz CT molecular complexity index is 1550. The highest BCUT2D eigenvalue weighted by Gasteiger charge is 2.59. The maximum atomic E-state index is 14.0. The van der Waals surface area contributed by atoms with Crippen LogP contribution in [-0.2, 0) is 47.8 Å². The van der Waals surface area contributed by atoms with Crippen LogP contribution in [0.25, 0.3) is 0 Å². The Hall–Kier alpha value is -4.23. The standard InChI is InChI=1S/C30H33N3O10/c1-11-23(36)15-8-16-22-20-21(24(37)12(2)28(42-7)26(20)39)29(43-14(4)35)18(32(22)5)10-33(16)17(9-31-30(40)13(3)34)19(15)25(38)27(11)41-6/h16-18,22,29H,8-10H2,1-7H3,(H,31,40)/t16-,17-,18+,22-,29+/m0/s1. The summed E-state index contributed by atoms with van der Waals surface area (Å²) in [6, 6.07) is -2.94. The van der Waals surface area contributed by atoms with Gasteiger partial charge < -0.3 is 19.5 Å². The zero-order valence-corrected chi connectivity index (χ0v) is 25.0. The van der Waals surface area contributed by atoms with Crippen molar-refractivity contribution in [2.24, 2.45) is 0 Å². The number of nitrogens with one attached hydrogen (secondary N) is 1. The average Bonchev–Trinajstić information content (AvgIpc) is 2.94. The second-order valence-corrected chi connectivity index (χ2v) is 11.3. The van der Waals surface area contributed by atoms with Crippen LogP contribution < -0.4 is 5.32 Å². The number of likely N-dealkylation sites (N-methyl/N-ethyl adjacent to an activating group) is 1. The van der Waals surface area contributed by atoms with E-state index in [0.717, 1.165) is 6.92 Å². The fourth-order valence-electron chi connectivity index (χ4n) is 7.20. The Morgan fingerprint density at radius 1 is 0.837 bits per heavy atom. The van der Waals surface area contributed by atoms with E-state index in [1.54, 1.807) is 7.05 Å². The minimum Gasteiger partial charge on any atom is -0.492 e. The van der Waals surface area contributed by atoms with Crippen LogP contribution in [0.2, 0.25) is 0 Å². The van der Waals surface area contributed by atoms with Gasteiger partial charge >= 0.3 is 5.97 Å². The van der Waals surface area contributed by atoms with E-state index in [0.29, 0.717) is 0 Å². The fourth-order valence-corrected chi connectivity index (χ4v) is 7.20. The van der Waals surface area contributed by atoms with Gasteiger partial charge in [-0.05, 0) is 27.3 Å². The number of methoxy groups -OCH3 is 2. The molecule has 0 aromatic heterocycles. The lowest BCUT2D eigenvalue weighted by molar-refractivity contribution is -0.154. The number of allylic oxidation sites excluding steroid dienone is 4. The third-order valence-corrected chi connectivity index (χ3v) is 9.10. The predicted molar refractivity (Wildman–Crippen MR) is 147 cm³/mol. The number of esters is 1. The van der Waals surface area contributed by atoms with Gasteiger partial charge in [-0.3, -0.25) is 43.4 Å². The molecule has 0 radical (unpaired) electrons.